The summed E-state index contributed by atoms with van der Waals surface area (Å²) in [6.07, 6.45) is 0.128. The van der Waals surface area contributed by atoms with Crippen LogP contribution in [0.1, 0.15) is 54.8 Å². The van der Waals surface area contributed by atoms with Gasteiger partial charge in [-0.05, 0) is 50.7 Å². The molecule has 0 amide bonds. The zero-order chi connectivity index (χ0) is 18.2. The van der Waals surface area contributed by atoms with E-state index in [2.05, 4.69) is 15.1 Å². The van der Waals surface area contributed by atoms with Crippen LogP contribution in [0.3, 0.4) is 0 Å². The van der Waals surface area contributed by atoms with Gasteiger partial charge in [-0.25, -0.2) is 32.2 Å². The summed E-state index contributed by atoms with van der Waals surface area (Å²) in [5, 5.41) is 3.87. The Morgan fingerprint density at radius 2 is 1.88 bits per heavy atom. The lowest BCUT2D eigenvalue weighted by Gasteiger charge is -2.28. The van der Waals surface area contributed by atoms with Crippen molar-refractivity contribution in [1.82, 2.24) is 19.7 Å². The fourth-order valence-corrected chi connectivity index (χ4v) is 3.22. The number of aryl methyl sites for hydroxylation is 2. The van der Waals surface area contributed by atoms with E-state index >= 15 is 0 Å². The van der Waals surface area contributed by atoms with Crippen LogP contribution in [0.15, 0.2) is 12.3 Å². The SMILES string of the molecule is Cc1cc(CC2CCC(F)(F)CC2)nc(-n2cc(C)c(C(F)F)n2)n1. The fourth-order valence-electron chi connectivity index (χ4n) is 3.22. The van der Waals surface area contributed by atoms with Crippen LogP contribution in [0.4, 0.5) is 17.6 Å². The maximum atomic E-state index is 13.3. The Bertz CT molecular complexity index is 747. The molecule has 1 fully saturated rings. The summed E-state index contributed by atoms with van der Waals surface area (Å²) in [6, 6.07) is 1.81. The second kappa shape index (κ2) is 6.72. The summed E-state index contributed by atoms with van der Waals surface area (Å²) >= 11 is 0. The molecule has 0 atom stereocenters. The van der Waals surface area contributed by atoms with E-state index in [0.29, 0.717) is 30.5 Å². The van der Waals surface area contributed by atoms with Gasteiger partial charge in [-0.1, -0.05) is 0 Å². The minimum Gasteiger partial charge on any atom is -0.216 e. The van der Waals surface area contributed by atoms with E-state index in [0.717, 1.165) is 5.69 Å². The Labute approximate surface area is 143 Å². The molecule has 0 saturated heterocycles. The molecule has 1 aliphatic rings. The van der Waals surface area contributed by atoms with Crippen LogP contribution in [0, 0.1) is 19.8 Å². The molecule has 2 aromatic heterocycles. The van der Waals surface area contributed by atoms with Gasteiger partial charge in [0.15, 0.2) is 0 Å². The Morgan fingerprint density at radius 1 is 1.20 bits per heavy atom. The van der Waals surface area contributed by atoms with Gasteiger partial charge in [-0.15, -0.1) is 0 Å². The van der Waals surface area contributed by atoms with Crippen molar-refractivity contribution in [3.8, 4) is 5.95 Å². The molecule has 0 aliphatic heterocycles. The molecule has 0 spiro atoms. The molecule has 0 bridgehead atoms. The molecular formula is C17H20F4N4. The first-order valence-corrected chi connectivity index (χ1v) is 8.30. The number of halogens is 4. The highest BCUT2D eigenvalue weighted by Crippen LogP contribution is 2.37. The third-order valence-corrected chi connectivity index (χ3v) is 4.58. The second-order valence-electron chi connectivity index (χ2n) is 6.75. The highest BCUT2D eigenvalue weighted by molar-refractivity contribution is 5.24. The van der Waals surface area contributed by atoms with Crippen LogP contribution in [0.2, 0.25) is 0 Å². The smallest absolute Gasteiger partial charge is 0.216 e. The standard InChI is InChI=1S/C17H20F4N4/c1-10-9-25(24-14(10)15(18)19)16-22-11(2)7-13(23-16)8-12-3-5-17(20,21)6-4-12/h7,9,12,15H,3-6,8H2,1-2H3. The summed E-state index contributed by atoms with van der Waals surface area (Å²) < 4.78 is 53.6. The Kier molecular flexibility index (Phi) is 4.79. The van der Waals surface area contributed by atoms with E-state index in [4.69, 9.17) is 0 Å². The fraction of sp³-hybridized carbons (Fsp3) is 0.588. The zero-order valence-corrected chi connectivity index (χ0v) is 14.1. The maximum absolute atomic E-state index is 13.3. The average Bonchev–Trinajstić information content (AvgIpc) is 2.91. The number of rotatable bonds is 4. The van der Waals surface area contributed by atoms with Crippen molar-refractivity contribution < 1.29 is 17.6 Å². The van der Waals surface area contributed by atoms with Crippen molar-refractivity contribution in [2.24, 2.45) is 5.92 Å². The van der Waals surface area contributed by atoms with Crippen molar-refractivity contribution in [2.75, 3.05) is 0 Å². The Hall–Kier alpha value is -1.99. The molecule has 2 aromatic rings. The number of nitrogens with zero attached hydrogens (tertiary/aromatic N) is 4. The molecule has 1 saturated carbocycles. The van der Waals surface area contributed by atoms with Gasteiger partial charge in [0.2, 0.25) is 5.92 Å². The summed E-state index contributed by atoms with van der Waals surface area (Å²) in [5.41, 5.74) is 1.50. The van der Waals surface area contributed by atoms with Crippen molar-refractivity contribution in [1.29, 1.82) is 0 Å². The van der Waals surface area contributed by atoms with E-state index in [1.165, 1.54) is 10.9 Å². The van der Waals surface area contributed by atoms with E-state index in [1.807, 2.05) is 0 Å². The molecule has 0 aromatic carbocycles. The van der Waals surface area contributed by atoms with Crippen LogP contribution in [-0.2, 0) is 6.42 Å². The summed E-state index contributed by atoms with van der Waals surface area (Å²) in [4.78, 5) is 8.66. The van der Waals surface area contributed by atoms with Crippen molar-refractivity contribution >= 4 is 0 Å². The largest absolute Gasteiger partial charge is 0.282 e. The Morgan fingerprint density at radius 3 is 2.48 bits per heavy atom. The van der Waals surface area contributed by atoms with Gasteiger partial charge in [0, 0.05) is 30.4 Å². The predicted molar refractivity (Wildman–Crippen MR) is 84.2 cm³/mol. The van der Waals surface area contributed by atoms with Crippen LogP contribution in [-0.4, -0.2) is 25.7 Å². The van der Waals surface area contributed by atoms with Gasteiger partial charge < -0.3 is 0 Å². The number of alkyl halides is 4. The minimum atomic E-state index is -2.66. The maximum Gasteiger partial charge on any atom is 0.282 e. The Balaban J connectivity index is 1.80. The lowest BCUT2D eigenvalue weighted by molar-refractivity contribution is -0.0457. The van der Waals surface area contributed by atoms with Gasteiger partial charge in [-0.3, -0.25) is 0 Å². The van der Waals surface area contributed by atoms with E-state index in [1.54, 1.807) is 19.9 Å². The number of hydrogen-bond acceptors (Lipinski definition) is 3. The second-order valence-corrected chi connectivity index (χ2v) is 6.75. The zero-order valence-electron chi connectivity index (χ0n) is 14.1. The van der Waals surface area contributed by atoms with Gasteiger partial charge >= 0.3 is 0 Å². The first-order valence-electron chi connectivity index (χ1n) is 8.30. The molecule has 0 N–H and O–H groups in total. The molecule has 4 nitrogen and oxygen atoms in total. The highest BCUT2D eigenvalue weighted by Gasteiger charge is 2.35. The summed E-state index contributed by atoms with van der Waals surface area (Å²) in [6.45, 7) is 3.35. The van der Waals surface area contributed by atoms with Gasteiger partial charge in [0.1, 0.15) is 5.69 Å². The van der Waals surface area contributed by atoms with Gasteiger partial charge in [0.25, 0.3) is 12.4 Å². The van der Waals surface area contributed by atoms with Crippen LogP contribution in [0.5, 0.6) is 0 Å². The lowest BCUT2D eigenvalue weighted by Crippen LogP contribution is -2.25. The molecule has 0 unspecified atom stereocenters. The lowest BCUT2D eigenvalue weighted by atomic mass is 9.84. The molecule has 1 aliphatic carbocycles. The summed E-state index contributed by atoms with van der Waals surface area (Å²) in [5.74, 6) is -2.18. The van der Waals surface area contributed by atoms with Crippen LogP contribution >= 0.6 is 0 Å². The van der Waals surface area contributed by atoms with Crippen molar-refractivity contribution in [3.63, 3.8) is 0 Å². The molecule has 2 heterocycles. The number of hydrogen-bond donors (Lipinski definition) is 0. The van der Waals surface area contributed by atoms with Gasteiger partial charge in [-0.2, -0.15) is 5.10 Å². The normalized spacial score (nSPS) is 18.0. The van der Waals surface area contributed by atoms with E-state index in [-0.39, 0.29) is 30.4 Å². The monoisotopic (exact) mass is 356 g/mol. The number of aromatic nitrogens is 4. The molecular weight excluding hydrogens is 336 g/mol. The molecule has 25 heavy (non-hydrogen) atoms. The quantitative estimate of drug-likeness (QED) is 0.753. The van der Waals surface area contributed by atoms with Crippen LogP contribution < -0.4 is 0 Å². The summed E-state index contributed by atoms with van der Waals surface area (Å²) in [7, 11) is 0. The molecule has 8 heteroatoms. The minimum absolute atomic E-state index is 0.0926. The molecule has 136 valence electrons. The first kappa shape index (κ1) is 17.8. The van der Waals surface area contributed by atoms with Gasteiger partial charge in [0.05, 0.1) is 0 Å². The molecule has 3 rings (SSSR count). The average molecular weight is 356 g/mol. The third kappa shape index (κ3) is 4.16. The van der Waals surface area contributed by atoms with Crippen LogP contribution in [0.25, 0.3) is 5.95 Å². The van der Waals surface area contributed by atoms with Crippen molar-refractivity contribution in [2.45, 2.75) is 58.3 Å². The topological polar surface area (TPSA) is 43.6 Å². The highest BCUT2D eigenvalue weighted by atomic mass is 19.3. The van der Waals surface area contributed by atoms with E-state index in [9.17, 15) is 17.6 Å². The first-order chi connectivity index (χ1) is 11.7. The third-order valence-electron chi connectivity index (χ3n) is 4.58. The van der Waals surface area contributed by atoms with E-state index < -0.39 is 12.3 Å². The van der Waals surface area contributed by atoms with Crippen molar-refractivity contribution in [3.05, 3.63) is 34.9 Å². The predicted octanol–water partition coefficient (Wildman–Crippen LogP) is 4.58. The molecule has 0 radical (unpaired) electrons.